The van der Waals surface area contributed by atoms with E-state index in [0.29, 0.717) is 0 Å². The van der Waals surface area contributed by atoms with Crippen molar-refractivity contribution in [2.45, 2.75) is 25.7 Å². The first-order valence-electron chi connectivity index (χ1n) is 3.82. The Morgan fingerprint density at radius 3 is 3.10 bits per heavy atom. The molecule has 0 fully saturated rings. The third kappa shape index (κ3) is 0.981. The molecule has 0 atom stereocenters. The van der Waals surface area contributed by atoms with Crippen molar-refractivity contribution in [1.29, 1.82) is 0 Å². The van der Waals surface area contributed by atoms with Crippen LogP contribution in [-0.4, -0.2) is 6.54 Å². The summed E-state index contributed by atoms with van der Waals surface area (Å²) in [5.41, 5.74) is 1.31. The molecule has 0 spiro atoms. The van der Waals surface area contributed by atoms with E-state index in [4.69, 9.17) is 4.74 Å². The lowest BCUT2D eigenvalue weighted by molar-refractivity contribution is 0.230. The van der Waals surface area contributed by atoms with E-state index in [2.05, 4.69) is 11.9 Å². The fourth-order valence-corrected chi connectivity index (χ4v) is 1.44. The maximum Gasteiger partial charge on any atom is 0.216 e. The molecule has 0 aromatic rings. The van der Waals surface area contributed by atoms with Crippen LogP contribution in [0.3, 0.4) is 0 Å². The molecule has 0 unspecified atom stereocenters. The minimum absolute atomic E-state index is 0.749. The van der Waals surface area contributed by atoms with E-state index in [1.165, 1.54) is 18.5 Å². The van der Waals surface area contributed by atoms with Crippen LogP contribution in [0, 0.1) is 6.61 Å². The summed E-state index contributed by atoms with van der Waals surface area (Å²) in [7, 11) is 0. The van der Waals surface area contributed by atoms with Crippen LogP contribution in [0.15, 0.2) is 11.5 Å². The molecule has 54 valence electrons. The Balaban J connectivity index is 2.14. The predicted molar refractivity (Wildman–Crippen MR) is 37.8 cm³/mol. The highest BCUT2D eigenvalue weighted by atomic mass is 16.5. The topological polar surface area (TPSA) is 21.3 Å². The Morgan fingerprint density at radius 2 is 2.20 bits per heavy atom. The van der Waals surface area contributed by atoms with Crippen molar-refractivity contribution in [3.63, 3.8) is 0 Å². The molecule has 1 N–H and O–H groups in total. The van der Waals surface area contributed by atoms with Crippen molar-refractivity contribution in [3.8, 4) is 0 Å². The van der Waals surface area contributed by atoms with Gasteiger partial charge in [-0.2, -0.15) is 0 Å². The smallest absolute Gasteiger partial charge is 0.216 e. The van der Waals surface area contributed by atoms with Gasteiger partial charge in [0.1, 0.15) is 5.76 Å². The number of allylic oxidation sites excluding steroid dienone is 2. The van der Waals surface area contributed by atoms with E-state index in [9.17, 15) is 0 Å². The summed E-state index contributed by atoms with van der Waals surface area (Å²) in [5, 5.41) is 3.26. The molecule has 2 nitrogen and oxygen atoms in total. The largest absolute Gasteiger partial charge is 0.479 e. The fraction of sp³-hybridized carbons (Fsp3) is 0.625. The minimum Gasteiger partial charge on any atom is -0.479 e. The van der Waals surface area contributed by atoms with E-state index < -0.39 is 0 Å². The molecule has 2 heteroatoms. The van der Waals surface area contributed by atoms with Gasteiger partial charge in [-0.25, -0.2) is 0 Å². The van der Waals surface area contributed by atoms with Crippen LogP contribution in [-0.2, 0) is 4.74 Å². The average molecular weight is 137 g/mol. The van der Waals surface area contributed by atoms with E-state index in [-0.39, 0.29) is 0 Å². The van der Waals surface area contributed by atoms with Gasteiger partial charge in [0.15, 0.2) is 0 Å². The molecule has 0 aromatic carbocycles. The van der Waals surface area contributed by atoms with Gasteiger partial charge in [0.25, 0.3) is 0 Å². The Bertz CT molecular complexity index is 129. The van der Waals surface area contributed by atoms with Gasteiger partial charge in [-0.1, -0.05) is 0 Å². The van der Waals surface area contributed by atoms with E-state index in [1.807, 2.05) is 0 Å². The standard InChI is InChI=1S/C8H11NO/c1-2-4-8-7(3-1)9-5-6-10-8/h9H,1-5H2. The highest BCUT2D eigenvalue weighted by molar-refractivity contribution is 5.13. The second kappa shape index (κ2) is 2.52. The maximum absolute atomic E-state index is 5.25. The zero-order valence-electron chi connectivity index (χ0n) is 5.94. The summed E-state index contributed by atoms with van der Waals surface area (Å²) in [6, 6.07) is 0. The summed E-state index contributed by atoms with van der Waals surface area (Å²) in [4.78, 5) is 0. The van der Waals surface area contributed by atoms with Crippen molar-refractivity contribution >= 4 is 0 Å². The first-order chi connectivity index (χ1) is 4.97. The van der Waals surface area contributed by atoms with Crippen molar-refractivity contribution in [3.05, 3.63) is 18.1 Å². The summed E-state index contributed by atoms with van der Waals surface area (Å²) < 4.78 is 5.25. The van der Waals surface area contributed by atoms with Crippen molar-refractivity contribution in [2.75, 3.05) is 6.54 Å². The second-order valence-corrected chi connectivity index (χ2v) is 2.71. The average Bonchev–Trinajstić information content (AvgIpc) is 2.05. The Morgan fingerprint density at radius 1 is 1.30 bits per heavy atom. The summed E-state index contributed by atoms with van der Waals surface area (Å²) in [6.07, 6.45) is 4.82. The molecule has 1 heterocycles. The fourth-order valence-electron chi connectivity index (χ4n) is 1.44. The molecule has 1 aliphatic carbocycles. The molecule has 0 aromatic heterocycles. The van der Waals surface area contributed by atoms with Crippen LogP contribution < -0.4 is 5.32 Å². The summed E-state index contributed by atoms with van der Waals surface area (Å²) in [5.74, 6) is 1.12. The number of hydrogen-bond acceptors (Lipinski definition) is 2. The predicted octanol–water partition coefficient (Wildman–Crippen LogP) is 1.43. The lowest BCUT2D eigenvalue weighted by Crippen LogP contribution is -2.25. The van der Waals surface area contributed by atoms with E-state index >= 15 is 0 Å². The lowest BCUT2D eigenvalue weighted by atomic mass is 10.0. The zero-order valence-corrected chi connectivity index (χ0v) is 5.94. The van der Waals surface area contributed by atoms with Gasteiger partial charge in [0.05, 0.1) is 6.54 Å². The van der Waals surface area contributed by atoms with Crippen LogP contribution >= 0.6 is 0 Å². The Labute approximate surface area is 61.3 Å². The van der Waals surface area contributed by atoms with Gasteiger partial charge in [0.2, 0.25) is 6.61 Å². The number of hydrogen-bond donors (Lipinski definition) is 1. The number of nitrogens with one attached hydrogen (secondary N) is 1. The third-order valence-electron chi connectivity index (χ3n) is 1.99. The molecule has 2 rings (SSSR count). The lowest BCUT2D eigenvalue weighted by Gasteiger charge is -2.25. The molecular formula is C8H11NO. The van der Waals surface area contributed by atoms with Gasteiger partial charge in [-0.15, -0.1) is 0 Å². The first-order valence-corrected chi connectivity index (χ1v) is 3.82. The van der Waals surface area contributed by atoms with Gasteiger partial charge in [-0.05, 0) is 19.3 Å². The first kappa shape index (κ1) is 6.08. The normalized spacial score (nSPS) is 24.8. The second-order valence-electron chi connectivity index (χ2n) is 2.71. The number of ether oxygens (including phenoxy) is 1. The molecule has 0 bridgehead atoms. The van der Waals surface area contributed by atoms with Crippen molar-refractivity contribution < 1.29 is 4.74 Å². The zero-order chi connectivity index (χ0) is 6.81. The molecule has 2 aliphatic rings. The molecule has 0 saturated heterocycles. The number of rotatable bonds is 0. The molecule has 10 heavy (non-hydrogen) atoms. The molecular weight excluding hydrogens is 126 g/mol. The SMILES string of the molecule is [C]1CNC2=C(CCCC2)O1. The van der Waals surface area contributed by atoms with Crippen LogP contribution in [0.4, 0.5) is 0 Å². The van der Waals surface area contributed by atoms with E-state index in [0.717, 1.165) is 25.1 Å². The van der Waals surface area contributed by atoms with Crippen LogP contribution in [0.25, 0.3) is 0 Å². The summed E-state index contributed by atoms with van der Waals surface area (Å²) in [6.45, 7) is 3.56. The monoisotopic (exact) mass is 137 g/mol. The van der Waals surface area contributed by atoms with E-state index in [1.54, 1.807) is 0 Å². The summed E-state index contributed by atoms with van der Waals surface area (Å²) >= 11 is 0. The van der Waals surface area contributed by atoms with Gasteiger partial charge in [0, 0.05) is 12.1 Å². The minimum atomic E-state index is 0.749. The van der Waals surface area contributed by atoms with Gasteiger partial charge >= 0.3 is 0 Å². The van der Waals surface area contributed by atoms with Crippen molar-refractivity contribution in [2.24, 2.45) is 0 Å². The van der Waals surface area contributed by atoms with Crippen LogP contribution in [0.5, 0.6) is 0 Å². The molecule has 0 saturated carbocycles. The van der Waals surface area contributed by atoms with Gasteiger partial charge in [-0.3, -0.25) is 0 Å². The van der Waals surface area contributed by atoms with Gasteiger partial charge < -0.3 is 10.1 Å². The highest BCUT2D eigenvalue weighted by Crippen LogP contribution is 2.26. The Kier molecular flexibility index (Phi) is 1.53. The van der Waals surface area contributed by atoms with Crippen LogP contribution in [0.1, 0.15) is 25.7 Å². The highest BCUT2D eigenvalue weighted by Gasteiger charge is 2.17. The molecule has 1 aliphatic heterocycles. The van der Waals surface area contributed by atoms with Crippen LogP contribution in [0.2, 0.25) is 0 Å². The quantitative estimate of drug-likeness (QED) is 0.545. The Hall–Kier alpha value is -0.660. The molecule has 0 amide bonds. The molecule has 2 radical (unpaired) electrons. The maximum atomic E-state index is 5.25. The van der Waals surface area contributed by atoms with Crippen molar-refractivity contribution in [1.82, 2.24) is 5.32 Å². The third-order valence-corrected chi connectivity index (χ3v) is 1.99.